The van der Waals surface area contributed by atoms with Crippen LogP contribution in [0, 0.1) is 33.8 Å². The molecule has 190 valence electrons. The largest absolute Gasteiger partial charge is 0.490 e. The molecule has 2 heterocycles. The second-order valence-electron chi connectivity index (χ2n) is 9.27. The van der Waals surface area contributed by atoms with Gasteiger partial charge in [0.05, 0.1) is 29.6 Å². The predicted molar refractivity (Wildman–Crippen MR) is 128 cm³/mol. The quantitative estimate of drug-likeness (QED) is 0.175. The van der Waals surface area contributed by atoms with Crippen LogP contribution in [0.3, 0.4) is 0 Å². The highest BCUT2D eigenvalue weighted by Gasteiger charge is 2.59. The monoisotopic (exact) mass is 505 g/mol. The van der Waals surface area contributed by atoms with Crippen LogP contribution in [0.5, 0.6) is 23.0 Å². The molecular formula is C26H23N3O8. The first-order valence-corrected chi connectivity index (χ1v) is 12.0. The van der Waals surface area contributed by atoms with Crippen LogP contribution in [0.15, 0.2) is 47.6 Å². The van der Waals surface area contributed by atoms with Gasteiger partial charge < -0.3 is 18.9 Å². The van der Waals surface area contributed by atoms with E-state index in [1.807, 2.05) is 12.2 Å². The van der Waals surface area contributed by atoms with Gasteiger partial charge in [0.1, 0.15) is 6.61 Å². The Morgan fingerprint density at radius 1 is 1.08 bits per heavy atom. The third-order valence-corrected chi connectivity index (χ3v) is 7.14. The average molecular weight is 505 g/mol. The fraction of sp³-hybridized carbons (Fsp3) is 0.346. The predicted octanol–water partition coefficient (Wildman–Crippen LogP) is 3.44. The SMILES string of the molecule is CCOc1cc(C=NN2C(=O)[C@@H]3[C@H](C2=O)[C@H]2C=C[C@H]3C2)cc([N+](=O)[O-])c1OCc1ccc2c(c1)OCO2. The average Bonchev–Trinajstić information content (AvgIpc) is 3.66. The van der Waals surface area contributed by atoms with Crippen molar-refractivity contribution < 1.29 is 33.5 Å². The Morgan fingerprint density at radius 2 is 1.81 bits per heavy atom. The summed E-state index contributed by atoms with van der Waals surface area (Å²) in [6, 6.07) is 8.08. The highest BCUT2D eigenvalue weighted by Crippen LogP contribution is 2.52. The summed E-state index contributed by atoms with van der Waals surface area (Å²) in [5.74, 6) is 0.0423. The highest BCUT2D eigenvalue weighted by atomic mass is 16.7. The number of imide groups is 1. The van der Waals surface area contributed by atoms with Gasteiger partial charge in [-0.1, -0.05) is 18.2 Å². The Hall–Kier alpha value is -4.41. The molecule has 1 saturated heterocycles. The number of carbonyl (C=O) groups excluding carboxylic acids is 2. The lowest BCUT2D eigenvalue weighted by atomic mass is 9.85. The number of hydrogen-bond donors (Lipinski definition) is 0. The molecule has 11 heteroatoms. The third-order valence-electron chi connectivity index (χ3n) is 7.14. The summed E-state index contributed by atoms with van der Waals surface area (Å²) in [5.41, 5.74) is 0.697. The van der Waals surface area contributed by atoms with E-state index >= 15 is 0 Å². The summed E-state index contributed by atoms with van der Waals surface area (Å²) in [5, 5.41) is 17.0. The first kappa shape index (κ1) is 23.0. The number of ether oxygens (including phenoxy) is 4. The molecule has 6 rings (SSSR count). The number of amides is 2. The van der Waals surface area contributed by atoms with Gasteiger partial charge in [-0.15, -0.1) is 0 Å². The molecule has 2 bridgehead atoms. The Bertz CT molecular complexity index is 1340. The lowest BCUT2D eigenvalue weighted by Gasteiger charge is -2.14. The second kappa shape index (κ2) is 8.91. The van der Waals surface area contributed by atoms with Gasteiger partial charge in [0.2, 0.25) is 12.5 Å². The zero-order valence-corrected chi connectivity index (χ0v) is 19.9. The maximum atomic E-state index is 12.9. The molecule has 2 aliphatic heterocycles. The van der Waals surface area contributed by atoms with E-state index < -0.39 is 4.92 Å². The van der Waals surface area contributed by atoms with Gasteiger partial charge in [-0.3, -0.25) is 19.7 Å². The van der Waals surface area contributed by atoms with E-state index in [9.17, 15) is 19.7 Å². The second-order valence-corrected chi connectivity index (χ2v) is 9.27. The van der Waals surface area contributed by atoms with Crippen LogP contribution >= 0.6 is 0 Å². The molecule has 2 aromatic carbocycles. The lowest BCUT2D eigenvalue weighted by Crippen LogP contribution is -2.28. The first-order chi connectivity index (χ1) is 17.9. The maximum Gasteiger partial charge on any atom is 0.315 e. The topological polar surface area (TPSA) is 130 Å². The van der Waals surface area contributed by atoms with Crippen molar-refractivity contribution in [3.63, 3.8) is 0 Å². The molecule has 0 spiro atoms. The summed E-state index contributed by atoms with van der Waals surface area (Å²) in [6.07, 6.45) is 6.10. The van der Waals surface area contributed by atoms with Gasteiger partial charge in [0.25, 0.3) is 11.8 Å². The molecule has 4 atom stereocenters. The summed E-state index contributed by atoms with van der Waals surface area (Å²) < 4.78 is 22.2. The van der Waals surface area contributed by atoms with Crippen molar-refractivity contribution in [3.8, 4) is 23.0 Å². The molecule has 2 aromatic rings. The van der Waals surface area contributed by atoms with Gasteiger partial charge in [0, 0.05) is 11.6 Å². The zero-order valence-electron chi connectivity index (χ0n) is 19.9. The first-order valence-electron chi connectivity index (χ1n) is 12.0. The number of nitro benzene ring substituents is 1. The minimum atomic E-state index is -0.575. The fourth-order valence-corrected chi connectivity index (χ4v) is 5.54. The van der Waals surface area contributed by atoms with Crippen LogP contribution in [0.25, 0.3) is 0 Å². The Labute approximate surface area is 211 Å². The molecule has 4 aliphatic rings. The number of nitro groups is 1. The molecule has 1 saturated carbocycles. The van der Waals surface area contributed by atoms with E-state index in [1.54, 1.807) is 25.1 Å². The van der Waals surface area contributed by atoms with E-state index in [0.29, 0.717) is 17.1 Å². The summed E-state index contributed by atoms with van der Waals surface area (Å²) in [4.78, 5) is 37.1. The van der Waals surface area contributed by atoms with Crippen LogP contribution in [-0.4, -0.2) is 41.4 Å². The van der Waals surface area contributed by atoms with E-state index in [4.69, 9.17) is 18.9 Å². The minimum Gasteiger partial charge on any atom is -0.490 e. The molecule has 0 N–H and O–H groups in total. The van der Waals surface area contributed by atoms with Crippen molar-refractivity contribution in [1.82, 2.24) is 5.01 Å². The van der Waals surface area contributed by atoms with Crippen molar-refractivity contribution in [3.05, 3.63) is 63.7 Å². The number of hydrazone groups is 1. The molecule has 0 aromatic heterocycles. The number of carbonyl (C=O) groups is 2. The van der Waals surface area contributed by atoms with Crippen molar-refractivity contribution in [2.75, 3.05) is 13.4 Å². The number of benzene rings is 2. The maximum absolute atomic E-state index is 12.9. The Balaban J connectivity index is 1.26. The fourth-order valence-electron chi connectivity index (χ4n) is 5.54. The molecule has 2 amide bonds. The molecule has 0 unspecified atom stereocenters. The van der Waals surface area contributed by atoms with Gasteiger partial charge in [-0.2, -0.15) is 10.1 Å². The van der Waals surface area contributed by atoms with E-state index in [1.165, 1.54) is 18.3 Å². The van der Waals surface area contributed by atoms with Crippen molar-refractivity contribution >= 4 is 23.7 Å². The zero-order chi connectivity index (χ0) is 25.7. The van der Waals surface area contributed by atoms with Crippen LogP contribution in [0.4, 0.5) is 5.69 Å². The molecule has 0 radical (unpaired) electrons. The molecule has 37 heavy (non-hydrogen) atoms. The van der Waals surface area contributed by atoms with Gasteiger partial charge in [0.15, 0.2) is 17.2 Å². The summed E-state index contributed by atoms with van der Waals surface area (Å²) in [7, 11) is 0. The van der Waals surface area contributed by atoms with Crippen molar-refractivity contribution in [2.24, 2.45) is 28.8 Å². The van der Waals surface area contributed by atoms with Gasteiger partial charge >= 0.3 is 5.69 Å². The number of nitrogens with zero attached hydrogens (tertiary/aromatic N) is 3. The molecule has 2 fully saturated rings. The van der Waals surface area contributed by atoms with Crippen LogP contribution < -0.4 is 18.9 Å². The lowest BCUT2D eigenvalue weighted by molar-refractivity contribution is -0.386. The third kappa shape index (κ3) is 3.87. The normalized spacial score (nSPS) is 24.8. The van der Waals surface area contributed by atoms with Crippen molar-refractivity contribution in [1.29, 1.82) is 0 Å². The number of fused-ring (bicyclic) bond motifs is 6. The summed E-state index contributed by atoms with van der Waals surface area (Å²) in [6.45, 7) is 2.15. The van der Waals surface area contributed by atoms with Crippen molar-refractivity contribution in [2.45, 2.75) is 20.0 Å². The molecule has 11 nitrogen and oxygen atoms in total. The Morgan fingerprint density at radius 3 is 2.51 bits per heavy atom. The van der Waals surface area contributed by atoms with Crippen LogP contribution in [0.2, 0.25) is 0 Å². The number of allylic oxidation sites excluding steroid dienone is 2. The number of hydrogen-bond acceptors (Lipinski definition) is 9. The molecular weight excluding hydrogens is 482 g/mol. The summed E-state index contributed by atoms with van der Waals surface area (Å²) >= 11 is 0. The standard InChI is InChI=1S/C26H23N3O8/c1-2-34-21-9-15(11-27-28-25(30)22-16-4-5-17(10-16)23(22)26(28)31)7-18(29(32)33)24(21)35-12-14-3-6-19-20(8-14)37-13-36-19/h3-9,11,16-17,22-23H,2,10,12-13H2,1H3/t16-,17-,22-,23+/m0/s1. The Kier molecular flexibility index (Phi) is 5.54. The number of rotatable bonds is 8. The van der Waals surface area contributed by atoms with Crippen LogP contribution in [-0.2, 0) is 16.2 Å². The van der Waals surface area contributed by atoms with Gasteiger partial charge in [-0.25, -0.2) is 0 Å². The molecule has 2 aliphatic carbocycles. The van der Waals surface area contributed by atoms with E-state index in [-0.39, 0.29) is 72.7 Å². The van der Waals surface area contributed by atoms with Gasteiger partial charge in [-0.05, 0) is 48.9 Å². The van der Waals surface area contributed by atoms with E-state index in [0.717, 1.165) is 17.0 Å². The highest BCUT2D eigenvalue weighted by molar-refractivity contribution is 6.06. The smallest absolute Gasteiger partial charge is 0.315 e. The van der Waals surface area contributed by atoms with Crippen LogP contribution in [0.1, 0.15) is 24.5 Å². The van der Waals surface area contributed by atoms with E-state index in [2.05, 4.69) is 5.10 Å². The minimum absolute atomic E-state index is 0.0287.